The lowest BCUT2D eigenvalue weighted by Gasteiger charge is -2.48. The van der Waals surface area contributed by atoms with Crippen molar-refractivity contribution in [3.8, 4) is 22.5 Å². The summed E-state index contributed by atoms with van der Waals surface area (Å²) in [6, 6.07) is 24.2. The van der Waals surface area contributed by atoms with E-state index in [9.17, 15) is 5.11 Å². The van der Waals surface area contributed by atoms with Gasteiger partial charge in [-0.15, -0.1) is 0 Å². The minimum absolute atomic E-state index is 0.295. The Kier molecular flexibility index (Phi) is 5.97. The Morgan fingerprint density at radius 2 is 1.50 bits per heavy atom. The third-order valence-electron chi connectivity index (χ3n) is 10.4. The highest BCUT2D eigenvalue weighted by molar-refractivity contribution is 5.98. The molecule has 1 unspecified atom stereocenters. The highest BCUT2D eigenvalue weighted by atomic mass is 16.6. The number of hydrogen-bond acceptors (Lipinski definition) is 3. The number of ether oxygens (including phenoxy) is 1. The standard InChI is InChI=1S/C38H41N2O2/c1-8-37(9-2)38(41,42-7)32-28-17-13-12-16-27(28)26(18-23(3)4)20-30(32)35-33-34(39-22-40(35)37)29-19-24-14-10-11-15-25(24)21-31(29)36(33,5)6/h10-17,19-23,41H,8-9,18H2,1-7H3/q+1. The quantitative estimate of drug-likeness (QED) is 0.175. The summed E-state index contributed by atoms with van der Waals surface area (Å²) < 4.78 is 8.56. The molecule has 7 rings (SSSR count). The summed E-state index contributed by atoms with van der Waals surface area (Å²) in [6.07, 6.45) is 4.30. The van der Waals surface area contributed by atoms with Gasteiger partial charge in [0.1, 0.15) is 5.69 Å². The van der Waals surface area contributed by atoms with E-state index in [2.05, 4.69) is 113 Å². The first kappa shape index (κ1) is 27.2. The average Bonchev–Trinajstić information content (AvgIpc) is 3.21. The number of aromatic nitrogens is 2. The maximum absolute atomic E-state index is 12.9. The Balaban J connectivity index is 1.67. The van der Waals surface area contributed by atoms with Gasteiger partial charge >= 0.3 is 0 Å². The van der Waals surface area contributed by atoms with Crippen molar-refractivity contribution in [2.75, 3.05) is 7.11 Å². The molecule has 0 saturated heterocycles. The normalized spacial score (nSPS) is 19.5. The molecule has 1 N–H and O–H groups in total. The van der Waals surface area contributed by atoms with Crippen LogP contribution >= 0.6 is 0 Å². The summed E-state index contributed by atoms with van der Waals surface area (Å²) in [5, 5.41) is 17.6. The van der Waals surface area contributed by atoms with E-state index < -0.39 is 11.3 Å². The number of nitrogens with zero attached hydrogens (tertiary/aromatic N) is 2. The van der Waals surface area contributed by atoms with Gasteiger partial charge < -0.3 is 9.84 Å². The molecule has 1 aliphatic carbocycles. The number of methoxy groups -OCH3 is 1. The topological polar surface area (TPSA) is 46.2 Å². The first-order chi connectivity index (χ1) is 20.1. The van der Waals surface area contributed by atoms with Crippen molar-refractivity contribution in [2.24, 2.45) is 5.92 Å². The minimum atomic E-state index is -1.54. The summed E-state index contributed by atoms with van der Waals surface area (Å²) >= 11 is 0. The van der Waals surface area contributed by atoms with Gasteiger partial charge in [-0.2, -0.15) is 0 Å². The van der Waals surface area contributed by atoms with Crippen LogP contribution in [0.4, 0.5) is 0 Å². The Bertz CT molecular complexity index is 1900. The maximum Gasteiger partial charge on any atom is 0.288 e. The van der Waals surface area contributed by atoms with E-state index in [4.69, 9.17) is 9.72 Å². The second kappa shape index (κ2) is 9.20. The van der Waals surface area contributed by atoms with Crippen molar-refractivity contribution in [2.45, 2.75) is 77.5 Å². The van der Waals surface area contributed by atoms with Gasteiger partial charge in [0.15, 0.2) is 11.2 Å². The van der Waals surface area contributed by atoms with Crippen molar-refractivity contribution in [3.05, 3.63) is 95.3 Å². The van der Waals surface area contributed by atoms with Crippen LogP contribution in [-0.4, -0.2) is 17.2 Å². The van der Waals surface area contributed by atoms with Crippen LogP contribution in [0.3, 0.4) is 0 Å². The Hall–Kier alpha value is -3.60. The largest absolute Gasteiger partial charge is 0.358 e. The molecule has 2 heterocycles. The molecule has 42 heavy (non-hydrogen) atoms. The lowest BCUT2D eigenvalue weighted by atomic mass is 9.69. The SMILES string of the molecule is CCC1(CC)[n+]2cnc3c(c2-c2cc(CC(C)C)c4ccccc4c2C1(O)OC)C(C)(C)c1cc2ccccc2cc1-3. The zero-order chi connectivity index (χ0) is 29.6. The Morgan fingerprint density at radius 3 is 2.14 bits per heavy atom. The molecule has 0 spiro atoms. The lowest BCUT2D eigenvalue weighted by Crippen LogP contribution is -2.71. The molecule has 1 aliphatic heterocycles. The molecule has 0 radical (unpaired) electrons. The first-order valence-corrected chi connectivity index (χ1v) is 15.4. The van der Waals surface area contributed by atoms with E-state index in [-0.39, 0.29) is 5.41 Å². The van der Waals surface area contributed by atoms with Crippen LogP contribution in [0.25, 0.3) is 44.1 Å². The van der Waals surface area contributed by atoms with Gasteiger partial charge in [0.05, 0.1) is 5.56 Å². The molecule has 4 heteroatoms. The van der Waals surface area contributed by atoms with E-state index in [1.807, 2.05) is 6.33 Å². The fourth-order valence-corrected chi connectivity index (χ4v) is 8.31. The molecular weight excluding hydrogens is 516 g/mol. The summed E-state index contributed by atoms with van der Waals surface area (Å²) in [4.78, 5) is 5.21. The molecule has 1 atom stereocenters. The molecule has 1 aromatic heterocycles. The van der Waals surface area contributed by atoms with E-state index in [1.54, 1.807) is 7.11 Å². The number of aliphatic hydroxyl groups is 1. The predicted molar refractivity (Wildman–Crippen MR) is 170 cm³/mol. The molecule has 0 bridgehead atoms. The lowest BCUT2D eigenvalue weighted by molar-refractivity contribution is -0.792. The molecule has 4 aromatic carbocycles. The Labute approximate surface area is 249 Å². The fraction of sp³-hybridized carbons (Fsp3) is 0.368. The first-order valence-electron chi connectivity index (χ1n) is 15.4. The molecule has 0 saturated carbocycles. The molecule has 214 valence electrons. The van der Waals surface area contributed by atoms with E-state index >= 15 is 0 Å². The van der Waals surface area contributed by atoms with Gasteiger partial charge in [0.25, 0.3) is 6.33 Å². The number of benzene rings is 4. The van der Waals surface area contributed by atoms with Crippen molar-refractivity contribution in [1.82, 2.24) is 4.98 Å². The molecular formula is C38H41N2O2+. The van der Waals surface area contributed by atoms with E-state index in [0.717, 1.165) is 34.3 Å². The van der Waals surface area contributed by atoms with Crippen LogP contribution < -0.4 is 4.57 Å². The fourth-order valence-electron chi connectivity index (χ4n) is 8.31. The Morgan fingerprint density at radius 1 is 0.857 bits per heavy atom. The zero-order valence-corrected chi connectivity index (χ0v) is 25.9. The highest BCUT2D eigenvalue weighted by Crippen LogP contribution is 2.57. The third kappa shape index (κ3) is 3.31. The predicted octanol–water partition coefficient (Wildman–Crippen LogP) is 8.17. The van der Waals surface area contributed by atoms with E-state index in [1.165, 1.54) is 38.4 Å². The molecule has 2 aliphatic rings. The molecule has 0 amide bonds. The second-order valence-corrected chi connectivity index (χ2v) is 13.2. The van der Waals surface area contributed by atoms with Crippen LogP contribution in [0.2, 0.25) is 0 Å². The van der Waals surface area contributed by atoms with Crippen molar-refractivity contribution < 1.29 is 14.4 Å². The van der Waals surface area contributed by atoms with Gasteiger partial charge in [-0.25, -0.2) is 4.57 Å². The van der Waals surface area contributed by atoms with Gasteiger partial charge in [-0.05, 0) is 81.0 Å². The third-order valence-corrected chi connectivity index (χ3v) is 10.4. The molecule has 0 fully saturated rings. The zero-order valence-electron chi connectivity index (χ0n) is 25.9. The van der Waals surface area contributed by atoms with Crippen LogP contribution in [-0.2, 0) is 27.9 Å². The van der Waals surface area contributed by atoms with Gasteiger partial charge in [0.2, 0.25) is 5.79 Å². The summed E-state index contributed by atoms with van der Waals surface area (Å²) in [5.74, 6) is -1.05. The van der Waals surface area contributed by atoms with Crippen molar-refractivity contribution >= 4 is 21.5 Å². The summed E-state index contributed by atoms with van der Waals surface area (Å²) in [7, 11) is 1.65. The average molecular weight is 558 g/mol. The maximum atomic E-state index is 12.9. The van der Waals surface area contributed by atoms with Crippen LogP contribution in [0.5, 0.6) is 0 Å². The van der Waals surface area contributed by atoms with Crippen LogP contribution in [0, 0.1) is 5.92 Å². The number of rotatable bonds is 5. The monoisotopic (exact) mass is 557 g/mol. The van der Waals surface area contributed by atoms with Gasteiger partial charge in [-0.1, -0.05) is 90.1 Å². The van der Waals surface area contributed by atoms with Gasteiger partial charge in [-0.3, -0.25) is 0 Å². The highest BCUT2D eigenvalue weighted by Gasteiger charge is 2.62. The summed E-state index contributed by atoms with van der Waals surface area (Å²) in [5.41, 5.74) is 8.11. The molecule has 5 aromatic rings. The smallest absolute Gasteiger partial charge is 0.288 e. The second-order valence-electron chi connectivity index (χ2n) is 13.2. The van der Waals surface area contributed by atoms with Crippen molar-refractivity contribution in [3.63, 3.8) is 0 Å². The van der Waals surface area contributed by atoms with Crippen LogP contribution in [0.1, 0.15) is 76.6 Å². The molecule has 4 nitrogen and oxygen atoms in total. The minimum Gasteiger partial charge on any atom is -0.358 e. The summed E-state index contributed by atoms with van der Waals surface area (Å²) in [6.45, 7) is 13.5. The van der Waals surface area contributed by atoms with Gasteiger partial charge in [0, 0.05) is 29.2 Å². The van der Waals surface area contributed by atoms with Crippen molar-refractivity contribution in [1.29, 1.82) is 0 Å². The number of fused-ring (bicyclic) bond motifs is 10. The van der Waals surface area contributed by atoms with E-state index in [0.29, 0.717) is 18.8 Å². The van der Waals surface area contributed by atoms with Crippen LogP contribution in [0.15, 0.2) is 73.1 Å². The number of hydrogen-bond donors (Lipinski definition) is 1.